The molecule has 0 radical (unpaired) electrons. The summed E-state index contributed by atoms with van der Waals surface area (Å²) >= 11 is 6.04. The maximum Gasteiger partial charge on any atom is 0.0897 e. The Hall–Kier alpha value is -0.610. The predicted octanol–water partition coefficient (Wildman–Crippen LogP) is 3.00. The fourth-order valence-electron chi connectivity index (χ4n) is 2.48. The monoisotopic (exact) mass is 297 g/mol. The van der Waals surface area contributed by atoms with Gasteiger partial charge in [-0.1, -0.05) is 43.1 Å². The van der Waals surface area contributed by atoms with Crippen LogP contribution in [0.4, 0.5) is 0 Å². The third kappa shape index (κ3) is 4.74. The van der Waals surface area contributed by atoms with E-state index in [1.165, 1.54) is 19.3 Å². The second-order valence-corrected chi connectivity index (χ2v) is 6.46. The van der Waals surface area contributed by atoms with E-state index in [2.05, 4.69) is 12.2 Å². The number of halogens is 1. The van der Waals surface area contributed by atoms with Gasteiger partial charge in [0, 0.05) is 18.1 Å². The van der Waals surface area contributed by atoms with E-state index < -0.39 is 6.10 Å². The Balaban J connectivity index is 1.58. The van der Waals surface area contributed by atoms with Gasteiger partial charge in [-0.2, -0.15) is 0 Å². The topological polar surface area (TPSA) is 41.5 Å². The van der Waals surface area contributed by atoms with Crippen molar-refractivity contribution in [2.24, 2.45) is 5.41 Å². The van der Waals surface area contributed by atoms with Crippen molar-refractivity contribution in [3.8, 4) is 0 Å². The minimum Gasteiger partial charge on any atom is -0.389 e. The molecule has 0 aliphatic heterocycles. The Bertz CT molecular complexity index is 421. The molecule has 1 aromatic carbocycles. The molecule has 2 rings (SSSR count). The van der Waals surface area contributed by atoms with E-state index in [1.807, 2.05) is 24.3 Å². The summed E-state index contributed by atoms with van der Waals surface area (Å²) in [5.41, 5.74) is 1.40. The number of aliphatic hydroxyl groups is 1. The van der Waals surface area contributed by atoms with Gasteiger partial charge in [0.15, 0.2) is 0 Å². The Morgan fingerprint density at radius 3 is 2.80 bits per heavy atom. The summed E-state index contributed by atoms with van der Waals surface area (Å²) < 4.78 is 5.51. The second kappa shape index (κ2) is 7.41. The average Bonchev–Trinajstić information content (AvgIpc) is 2.39. The van der Waals surface area contributed by atoms with Crippen molar-refractivity contribution in [3.63, 3.8) is 0 Å². The lowest BCUT2D eigenvalue weighted by molar-refractivity contribution is 0.0262. The highest BCUT2D eigenvalue weighted by molar-refractivity contribution is 6.31. The molecule has 20 heavy (non-hydrogen) atoms. The lowest BCUT2D eigenvalue weighted by Crippen LogP contribution is -2.41. The molecule has 0 aromatic heterocycles. The molecular weight excluding hydrogens is 274 g/mol. The van der Waals surface area contributed by atoms with Crippen LogP contribution in [0, 0.1) is 5.41 Å². The molecule has 1 fully saturated rings. The van der Waals surface area contributed by atoms with E-state index in [1.54, 1.807) is 0 Å². The molecule has 0 amide bonds. The summed E-state index contributed by atoms with van der Waals surface area (Å²) in [6, 6.07) is 7.61. The molecule has 1 unspecified atom stereocenters. The maximum atomic E-state index is 9.86. The zero-order valence-electron chi connectivity index (χ0n) is 12.1. The van der Waals surface area contributed by atoms with Crippen LogP contribution in [-0.2, 0) is 11.3 Å². The van der Waals surface area contributed by atoms with E-state index in [0.717, 1.165) is 12.1 Å². The third-order valence-corrected chi connectivity index (χ3v) is 4.39. The van der Waals surface area contributed by atoms with Gasteiger partial charge in [0.2, 0.25) is 0 Å². The molecule has 1 aromatic rings. The minimum absolute atomic E-state index is 0.328. The molecule has 2 N–H and O–H groups in total. The number of aliphatic hydroxyl groups excluding tert-OH is 1. The van der Waals surface area contributed by atoms with Crippen LogP contribution in [0.25, 0.3) is 0 Å². The minimum atomic E-state index is -0.471. The Morgan fingerprint density at radius 2 is 2.15 bits per heavy atom. The molecule has 4 heteroatoms. The van der Waals surface area contributed by atoms with E-state index >= 15 is 0 Å². The largest absolute Gasteiger partial charge is 0.389 e. The van der Waals surface area contributed by atoms with Crippen molar-refractivity contribution in [1.82, 2.24) is 5.32 Å². The van der Waals surface area contributed by atoms with Crippen LogP contribution in [0.15, 0.2) is 24.3 Å². The lowest BCUT2D eigenvalue weighted by Gasteiger charge is -2.38. The summed E-state index contributed by atoms with van der Waals surface area (Å²) in [5.74, 6) is 0. The van der Waals surface area contributed by atoms with Crippen molar-refractivity contribution < 1.29 is 9.84 Å². The summed E-state index contributed by atoms with van der Waals surface area (Å²) in [7, 11) is 0. The lowest BCUT2D eigenvalue weighted by atomic mass is 9.70. The van der Waals surface area contributed by atoms with Gasteiger partial charge in [0.25, 0.3) is 0 Å². The number of rotatable bonds is 8. The van der Waals surface area contributed by atoms with Crippen LogP contribution in [0.2, 0.25) is 5.02 Å². The first kappa shape index (κ1) is 15.8. The van der Waals surface area contributed by atoms with Gasteiger partial charge < -0.3 is 15.2 Å². The molecule has 0 saturated heterocycles. The van der Waals surface area contributed by atoms with Crippen LogP contribution in [0.3, 0.4) is 0 Å². The van der Waals surface area contributed by atoms with Crippen LogP contribution in [0.5, 0.6) is 0 Å². The fraction of sp³-hybridized carbons (Fsp3) is 0.625. The first-order chi connectivity index (χ1) is 9.59. The Kier molecular flexibility index (Phi) is 5.85. The van der Waals surface area contributed by atoms with Crippen LogP contribution in [-0.4, -0.2) is 30.9 Å². The quantitative estimate of drug-likeness (QED) is 0.775. The number of nitrogens with one attached hydrogen (secondary N) is 1. The standard InChI is InChI=1S/C16H24ClNO2/c1-16(7-4-8-16)12-18-9-14(19)11-20-10-13-5-2-3-6-15(13)17/h2-3,5-6,14,18-19H,4,7-12H2,1H3. The van der Waals surface area contributed by atoms with Gasteiger partial charge in [-0.25, -0.2) is 0 Å². The number of hydrogen-bond donors (Lipinski definition) is 2. The fourth-order valence-corrected chi connectivity index (χ4v) is 2.67. The first-order valence-electron chi connectivity index (χ1n) is 7.29. The number of ether oxygens (including phenoxy) is 1. The van der Waals surface area contributed by atoms with Crippen molar-refractivity contribution in [1.29, 1.82) is 0 Å². The number of hydrogen-bond acceptors (Lipinski definition) is 3. The highest BCUT2D eigenvalue weighted by Crippen LogP contribution is 2.39. The second-order valence-electron chi connectivity index (χ2n) is 6.06. The third-order valence-electron chi connectivity index (χ3n) is 4.02. The molecule has 3 nitrogen and oxygen atoms in total. The van der Waals surface area contributed by atoms with Crippen LogP contribution < -0.4 is 5.32 Å². The molecule has 0 spiro atoms. The SMILES string of the molecule is CC1(CNCC(O)COCc2ccccc2Cl)CCC1. The predicted molar refractivity (Wildman–Crippen MR) is 81.9 cm³/mol. The Labute approximate surface area is 126 Å². The molecule has 112 valence electrons. The summed E-state index contributed by atoms with van der Waals surface area (Å²) in [4.78, 5) is 0. The van der Waals surface area contributed by atoms with Gasteiger partial charge in [0.1, 0.15) is 0 Å². The molecule has 1 aliphatic rings. The molecule has 0 heterocycles. The van der Waals surface area contributed by atoms with Crippen molar-refractivity contribution in [3.05, 3.63) is 34.9 Å². The Morgan fingerprint density at radius 1 is 1.40 bits per heavy atom. The highest BCUT2D eigenvalue weighted by atomic mass is 35.5. The van der Waals surface area contributed by atoms with E-state index in [4.69, 9.17) is 16.3 Å². The molecule has 1 aliphatic carbocycles. The van der Waals surface area contributed by atoms with Crippen molar-refractivity contribution in [2.45, 2.75) is 38.9 Å². The summed E-state index contributed by atoms with van der Waals surface area (Å²) in [6.45, 7) is 4.62. The summed E-state index contributed by atoms with van der Waals surface area (Å²) in [5, 5.41) is 13.9. The normalized spacial score (nSPS) is 18.6. The first-order valence-corrected chi connectivity index (χ1v) is 7.67. The maximum absolute atomic E-state index is 9.86. The molecule has 0 bridgehead atoms. The highest BCUT2D eigenvalue weighted by Gasteiger charge is 2.31. The molecule has 1 saturated carbocycles. The number of benzene rings is 1. The van der Waals surface area contributed by atoms with Gasteiger partial charge in [-0.15, -0.1) is 0 Å². The zero-order valence-corrected chi connectivity index (χ0v) is 12.8. The zero-order chi connectivity index (χ0) is 14.4. The average molecular weight is 298 g/mol. The van der Waals surface area contributed by atoms with E-state index in [9.17, 15) is 5.11 Å². The van der Waals surface area contributed by atoms with Crippen molar-refractivity contribution in [2.75, 3.05) is 19.7 Å². The molecular formula is C16H24ClNO2. The summed E-state index contributed by atoms with van der Waals surface area (Å²) in [6.07, 6.45) is 3.45. The van der Waals surface area contributed by atoms with Gasteiger partial charge in [0.05, 0.1) is 19.3 Å². The van der Waals surface area contributed by atoms with Gasteiger partial charge in [-0.05, 0) is 29.9 Å². The van der Waals surface area contributed by atoms with Gasteiger partial charge in [-0.3, -0.25) is 0 Å². The smallest absolute Gasteiger partial charge is 0.0897 e. The van der Waals surface area contributed by atoms with Gasteiger partial charge >= 0.3 is 0 Å². The van der Waals surface area contributed by atoms with Crippen molar-refractivity contribution >= 4 is 11.6 Å². The van der Waals surface area contributed by atoms with E-state index in [-0.39, 0.29) is 0 Å². The van der Waals surface area contributed by atoms with E-state index in [0.29, 0.717) is 30.2 Å². The van der Waals surface area contributed by atoms with Crippen LogP contribution in [0.1, 0.15) is 31.7 Å². The molecule has 1 atom stereocenters. The van der Waals surface area contributed by atoms with Crippen LogP contribution >= 0.6 is 11.6 Å².